The van der Waals surface area contributed by atoms with Crippen molar-refractivity contribution in [2.24, 2.45) is 0 Å². The second-order valence-electron chi connectivity index (χ2n) is 3.74. The summed E-state index contributed by atoms with van der Waals surface area (Å²) in [6.45, 7) is 8.28. The third kappa shape index (κ3) is 3.63. The smallest absolute Gasteiger partial charge is 0.135 e. The molecule has 0 unspecified atom stereocenters. The normalized spacial score (nSPS) is 11.4. The number of hydrogen-bond acceptors (Lipinski definition) is 2. The van der Waals surface area contributed by atoms with Crippen molar-refractivity contribution in [2.75, 3.05) is 6.54 Å². The summed E-state index contributed by atoms with van der Waals surface area (Å²) >= 11 is 11.8. The maximum Gasteiger partial charge on any atom is 0.135 e. The molecule has 0 saturated heterocycles. The molecule has 0 aliphatic heterocycles. The van der Waals surface area contributed by atoms with Crippen LogP contribution in [-0.4, -0.2) is 22.5 Å². The molecule has 0 aliphatic carbocycles. The van der Waals surface area contributed by atoms with Gasteiger partial charge in [-0.1, -0.05) is 36.2 Å². The topological polar surface area (TPSA) is 16.1 Å². The number of nitrogens with zero attached hydrogens (tertiary/aromatic N) is 2. The highest BCUT2D eigenvalue weighted by molar-refractivity contribution is 6.32. The van der Waals surface area contributed by atoms with E-state index in [0.717, 1.165) is 18.7 Å². The number of rotatable bonds is 4. The summed E-state index contributed by atoms with van der Waals surface area (Å²) in [5, 5.41) is 0.943. The minimum absolute atomic E-state index is 0.441. The predicted octanol–water partition coefficient (Wildman–Crippen LogP) is 3.62. The molecule has 0 N–H and O–H groups in total. The van der Waals surface area contributed by atoms with Crippen LogP contribution in [0.5, 0.6) is 0 Å². The fourth-order valence-electron chi connectivity index (χ4n) is 1.44. The first-order valence-corrected chi connectivity index (χ1v) is 5.85. The Hall–Kier alpha value is -0.310. The molecule has 15 heavy (non-hydrogen) atoms. The Morgan fingerprint density at radius 3 is 2.47 bits per heavy atom. The van der Waals surface area contributed by atoms with Crippen LogP contribution in [0.4, 0.5) is 0 Å². The SMILES string of the molecule is CCN(Cc1ccc(Cl)nc1Cl)C(C)C. The third-order valence-corrected chi connectivity index (χ3v) is 2.94. The van der Waals surface area contributed by atoms with Gasteiger partial charge in [0, 0.05) is 18.2 Å². The largest absolute Gasteiger partial charge is 0.297 e. The Balaban J connectivity index is 2.79. The molecule has 0 bridgehead atoms. The van der Waals surface area contributed by atoms with E-state index in [4.69, 9.17) is 23.2 Å². The van der Waals surface area contributed by atoms with Gasteiger partial charge in [-0.15, -0.1) is 0 Å². The average Bonchev–Trinajstić information content (AvgIpc) is 2.16. The molecule has 2 nitrogen and oxygen atoms in total. The van der Waals surface area contributed by atoms with Gasteiger partial charge in [-0.25, -0.2) is 4.98 Å². The second-order valence-corrected chi connectivity index (χ2v) is 4.49. The summed E-state index contributed by atoms with van der Waals surface area (Å²) in [5.74, 6) is 0. The van der Waals surface area contributed by atoms with E-state index in [2.05, 4.69) is 30.7 Å². The van der Waals surface area contributed by atoms with Crippen molar-refractivity contribution in [3.05, 3.63) is 28.0 Å². The molecular weight excluding hydrogens is 231 g/mol. The van der Waals surface area contributed by atoms with Crippen LogP contribution in [-0.2, 0) is 6.54 Å². The lowest BCUT2D eigenvalue weighted by Gasteiger charge is -2.24. The predicted molar refractivity (Wildman–Crippen MR) is 65.5 cm³/mol. The van der Waals surface area contributed by atoms with Crippen molar-refractivity contribution < 1.29 is 0 Å². The molecule has 1 rings (SSSR count). The quantitative estimate of drug-likeness (QED) is 0.755. The Kier molecular flexibility index (Phi) is 4.84. The summed E-state index contributed by atoms with van der Waals surface area (Å²) < 4.78 is 0. The Morgan fingerprint density at radius 2 is 2.00 bits per heavy atom. The zero-order valence-electron chi connectivity index (χ0n) is 9.30. The number of pyridine rings is 1. The molecule has 0 saturated carbocycles. The Morgan fingerprint density at radius 1 is 1.33 bits per heavy atom. The van der Waals surface area contributed by atoms with Gasteiger partial charge in [0.1, 0.15) is 10.3 Å². The fourth-order valence-corrected chi connectivity index (χ4v) is 1.84. The van der Waals surface area contributed by atoms with Gasteiger partial charge in [-0.05, 0) is 26.5 Å². The first-order valence-electron chi connectivity index (χ1n) is 5.09. The minimum Gasteiger partial charge on any atom is -0.297 e. The number of hydrogen-bond donors (Lipinski definition) is 0. The van der Waals surface area contributed by atoms with Crippen LogP contribution in [0, 0.1) is 0 Å². The van der Waals surface area contributed by atoms with Gasteiger partial charge in [0.25, 0.3) is 0 Å². The summed E-state index contributed by atoms with van der Waals surface area (Å²) in [5.41, 5.74) is 1.02. The Bertz CT molecular complexity index is 326. The van der Waals surface area contributed by atoms with Gasteiger partial charge in [-0.3, -0.25) is 4.90 Å². The molecule has 0 aliphatic rings. The molecule has 1 aromatic rings. The van der Waals surface area contributed by atoms with E-state index in [9.17, 15) is 0 Å². The van der Waals surface area contributed by atoms with Crippen LogP contribution in [0.15, 0.2) is 12.1 Å². The van der Waals surface area contributed by atoms with E-state index in [1.807, 2.05) is 6.07 Å². The average molecular weight is 247 g/mol. The molecule has 1 aromatic heterocycles. The summed E-state index contributed by atoms with van der Waals surface area (Å²) in [6.07, 6.45) is 0. The maximum atomic E-state index is 6.01. The van der Waals surface area contributed by atoms with Gasteiger partial charge in [0.2, 0.25) is 0 Å². The van der Waals surface area contributed by atoms with Crippen LogP contribution < -0.4 is 0 Å². The van der Waals surface area contributed by atoms with Crippen molar-refractivity contribution in [2.45, 2.75) is 33.4 Å². The fraction of sp³-hybridized carbons (Fsp3) is 0.545. The molecule has 0 atom stereocenters. The first kappa shape index (κ1) is 12.8. The van der Waals surface area contributed by atoms with Crippen LogP contribution in [0.25, 0.3) is 0 Å². The van der Waals surface area contributed by atoms with Gasteiger partial charge in [-0.2, -0.15) is 0 Å². The number of aromatic nitrogens is 1. The monoisotopic (exact) mass is 246 g/mol. The van der Waals surface area contributed by atoms with E-state index in [1.165, 1.54) is 0 Å². The first-order chi connectivity index (χ1) is 7.04. The van der Waals surface area contributed by atoms with Crippen molar-refractivity contribution in [3.8, 4) is 0 Å². The zero-order valence-corrected chi connectivity index (χ0v) is 10.8. The lowest BCUT2D eigenvalue weighted by atomic mass is 10.2. The van der Waals surface area contributed by atoms with E-state index >= 15 is 0 Å². The van der Waals surface area contributed by atoms with Crippen LogP contribution >= 0.6 is 23.2 Å². The highest BCUT2D eigenvalue weighted by atomic mass is 35.5. The zero-order chi connectivity index (χ0) is 11.4. The lowest BCUT2D eigenvalue weighted by molar-refractivity contribution is 0.225. The van der Waals surface area contributed by atoms with Crippen molar-refractivity contribution in [3.63, 3.8) is 0 Å². The second kappa shape index (κ2) is 5.69. The van der Waals surface area contributed by atoms with Gasteiger partial charge >= 0.3 is 0 Å². The molecule has 0 aromatic carbocycles. The summed E-state index contributed by atoms with van der Waals surface area (Å²) in [4.78, 5) is 6.34. The summed E-state index contributed by atoms with van der Waals surface area (Å²) in [7, 11) is 0. The van der Waals surface area contributed by atoms with Crippen molar-refractivity contribution in [1.29, 1.82) is 0 Å². The number of halogens is 2. The van der Waals surface area contributed by atoms with E-state index in [0.29, 0.717) is 16.3 Å². The van der Waals surface area contributed by atoms with E-state index in [-0.39, 0.29) is 0 Å². The molecule has 1 heterocycles. The summed E-state index contributed by atoms with van der Waals surface area (Å²) in [6, 6.07) is 4.21. The van der Waals surface area contributed by atoms with E-state index < -0.39 is 0 Å². The Labute approximate surface area is 101 Å². The van der Waals surface area contributed by atoms with E-state index in [1.54, 1.807) is 6.07 Å². The molecule has 0 spiro atoms. The van der Waals surface area contributed by atoms with Crippen LogP contribution in [0.2, 0.25) is 10.3 Å². The van der Waals surface area contributed by atoms with Crippen molar-refractivity contribution >= 4 is 23.2 Å². The van der Waals surface area contributed by atoms with Gasteiger partial charge < -0.3 is 0 Å². The molecule has 0 radical (unpaired) electrons. The highest BCUT2D eigenvalue weighted by Crippen LogP contribution is 2.19. The van der Waals surface area contributed by atoms with Crippen LogP contribution in [0.1, 0.15) is 26.3 Å². The maximum absolute atomic E-state index is 6.01. The van der Waals surface area contributed by atoms with Gasteiger partial charge in [0.15, 0.2) is 0 Å². The standard InChI is InChI=1S/C11H16Cl2N2/c1-4-15(8(2)3)7-9-5-6-10(12)14-11(9)13/h5-6,8H,4,7H2,1-3H3. The minimum atomic E-state index is 0.441. The molecule has 0 amide bonds. The highest BCUT2D eigenvalue weighted by Gasteiger charge is 2.10. The van der Waals surface area contributed by atoms with Gasteiger partial charge in [0.05, 0.1) is 0 Å². The molecule has 84 valence electrons. The molecular formula is C11H16Cl2N2. The van der Waals surface area contributed by atoms with Crippen molar-refractivity contribution in [1.82, 2.24) is 9.88 Å². The van der Waals surface area contributed by atoms with Crippen LogP contribution in [0.3, 0.4) is 0 Å². The molecule has 0 fully saturated rings. The molecule has 4 heteroatoms. The third-order valence-electron chi connectivity index (χ3n) is 2.40. The lowest BCUT2D eigenvalue weighted by Crippen LogP contribution is -2.30.